The number of carbonyl (C=O) groups is 1. The fraction of sp³-hybridized carbons (Fsp3) is 0.533. The predicted molar refractivity (Wildman–Crippen MR) is 74.2 cm³/mol. The van der Waals surface area contributed by atoms with Crippen LogP contribution in [-0.2, 0) is 6.42 Å². The third-order valence-corrected chi connectivity index (χ3v) is 3.61. The number of aryl methyl sites for hydroxylation is 1. The van der Waals surface area contributed by atoms with Crippen LogP contribution in [0.15, 0.2) is 12.1 Å². The van der Waals surface area contributed by atoms with Crippen molar-refractivity contribution in [1.29, 1.82) is 0 Å². The van der Waals surface area contributed by atoms with Gasteiger partial charge >= 0.3 is 6.36 Å². The van der Waals surface area contributed by atoms with Gasteiger partial charge in [-0.1, -0.05) is 6.92 Å². The van der Waals surface area contributed by atoms with Gasteiger partial charge in [0, 0.05) is 13.1 Å². The molecule has 0 N–H and O–H groups in total. The number of nitrogens with zero attached hydrogens (tertiary/aromatic N) is 1. The van der Waals surface area contributed by atoms with Gasteiger partial charge in [-0.3, -0.25) is 4.79 Å². The van der Waals surface area contributed by atoms with Crippen LogP contribution in [0.2, 0.25) is 0 Å². The molecular formula is C15H18F3NO3. The molecule has 22 heavy (non-hydrogen) atoms. The first-order valence-electron chi connectivity index (χ1n) is 7.11. The lowest BCUT2D eigenvalue weighted by molar-refractivity contribution is -0.274. The Morgan fingerprint density at radius 1 is 1.23 bits per heavy atom. The van der Waals surface area contributed by atoms with Crippen molar-refractivity contribution in [3.05, 3.63) is 23.3 Å². The second-order valence-electron chi connectivity index (χ2n) is 5.06. The topological polar surface area (TPSA) is 38.8 Å². The van der Waals surface area contributed by atoms with E-state index in [0.29, 0.717) is 30.8 Å². The molecule has 4 nitrogen and oxygen atoms in total. The Bertz CT molecular complexity index is 552. The van der Waals surface area contributed by atoms with E-state index in [0.717, 1.165) is 12.8 Å². The third kappa shape index (κ3) is 3.64. The van der Waals surface area contributed by atoms with Crippen LogP contribution in [0.5, 0.6) is 11.5 Å². The molecule has 0 spiro atoms. The quantitative estimate of drug-likeness (QED) is 0.854. The molecule has 1 amide bonds. The highest BCUT2D eigenvalue weighted by Gasteiger charge is 2.34. The molecule has 0 saturated carbocycles. The molecule has 122 valence electrons. The van der Waals surface area contributed by atoms with Gasteiger partial charge in [0.05, 0.1) is 12.7 Å². The minimum absolute atomic E-state index is 0.117. The van der Waals surface area contributed by atoms with Crippen LogP contribution in [0.4, 0.5) is 13.2 Å². The highest BCUT2D eigenvalue weighted by atomic mass is 19.4. The first-order valence-corrected chi connectivity index (χ1v) is 7.11. The molecule has 0 bridgehead atoms. The summed E-state index contributed by atoms with van der Waals surface area (Å²) in [6, 6.07) is 2.57. The average molecular weight is 317 g/mol. The van der Waals surface area contributed by atoms with E-state index in [1.165, 1.54) is 24.1 Å². The van der Waals surface area contributed by atoms with Crippen LogP contribution in [0.3, 0.4) is 0 Å². The SMILES string of the molecule is CCc1cc(OC(F)(F)F)c(C(=O)N2CCCC2)cc1OC. The maximum Gasteiger partial charge on any atom is 0.573 e. The summed E-state index contributed by atoms with van der Waals surface area (Å²) in [6.07, 6.45) is -2.67. The van der Waals surface area contributed by atoms with E-state index >= 15 is 0 Å². The maximum absolute atomic E-state index is 12.6. The highest BCUT2D eigenvalue weighted by molar-refractivity contribution is 5.97. The van der Waals surface area contributed by atoms with Gasteiger partial charge in [0.15, 0.2) is 0 Å². The molecule has 1 aromatic carbocycles. The molecule has 1 saturated heterocycles. The van der Waals surface area contributed by atoms with Gasteiger partial charge in [-0.2, -0.15) is 0 Å². The molecule has 0 aliphatic carbocycles. The van der Waals surface area contributed by atoms with Crippen molar-refractivity contribution in [2.75, 3.05) is 20.2 Å². The number of halogens is 3. The summed E-state index contributed by atoms with van der Waals surface area (Å²) in [5.41, 5.74) is 0.438. The number of carbonyl (C=O) groups excluding carboxylic acids is 1. The normalized spacial score (nSPS) is 15.0. The summed E-state index contributed by atoms with van der Waals surface area (Å²) >= 11 is 0. The number of likely N-dealkylation sites (tertiary alicyclic amines) is 1. The van der Waals surface area contributed by atoms with Crippen LogP contribution in [0.25, 0.3) is 0 Å². The largest absolute Gasteiger partial charge is 0.573 e. The van der Waals surface area contributed by atoms with Gasteiger partial charge in [0.25, 0.3) is 5.91 Å². The molecule has 1 aromatic rings. The van der Waals surface area contributed by atoms with Gasteiger partial charge in [0.2, 0.25) is 0 Å². The van der Waals surface area contributed by atoms with Gasteiger partial charge in [-0.05, 0) is 37.0 Å². The number of benzene rings is 1. The minimum atomic E-state index is -4.85. The van der Waals surface area contributed by atoms with Gasteiger partial charge < -0.3 is 14.4 Å². The molecule has 1 aliphatic rings. The van der Waals surface area contributed by atoms with Gasteiger partial charge in [-0.25, -0.2) is 0 Å². The van der Waals surface area contributed by atoms with Crippen molar-refractivity contribution in [2.24, 2.45) is 0 Å². The molecule has 1 aliphatic heterocycles. The Balaban J connectivity index is 2.45. The second-order valence-corrected chi connectivity index (χ2v) is 5.06. The highest BCUT2D eigenvalue weighted by Crippen LogP contribution is 2.34. The minimum Gasteiger partial charge on any atom is -0.496 e. The standard InChI is InChI=1S/C15H18F3NO3/c1-3-10-8-13(22-15(16,17)18)11(9-12(10)21-2)14(20)19-6-4-5-7-19/h8-9H,3-7H2,1-2H3. The average Bonchev–Trinajstić information content (AvgIpc) is 2.98. The van der Waals surface area contributed by atoms with Gasteiger partial charge in [-0.15, -0.1) is 13.2 Å². The number of amides is 1. The Hall–Kier alpha value is -1.92. The van der Waals surface area contributed by atoms with Gasteiger partial charge in [0.1, 0.15) is 11.5 Å². The Kier molecular flexibility index (Phi) is 4.83. The molecule has 0 aromatic heterocycles. The zero-order chi connectivity index (χ0) is 16.3. The van der Waals surface area contributed by atoms with Crippen molar-refractivity contribution in [1.82, 2.24) is 4.90 Å². The number of hydrogen-bond acceptors (Lipinski definition) is 3. The maximum atomic E-state index is 12.6. The van der Waals surface area contributed by atoms with Crippen LogP contribution in [-0.4, -0.2) is 37.4 Å². The number of rotatable bonds is 4. The molecule has 1 heterocycles. The van der Waals surface area contributed by atoms with Crippen LogP contribution in [0.1, 0.15) is 35.7 Å². The van der Waals surface area contributed by atoms with Crippen LogP contribution in [0, 0.1) is 0 Å². The van der Waals surface area contributed by atoms with E-state index in [4.69, 9.17) is 4.74 Å². The Morgan fingerprint density at radius 2 is 1.86 bits per heavy atom. The van der Waals surface area contributed by atoms with Crippen molar-refractivity contribution in [2.45, 2.75) is 32.5 Å². The molecule has 0 atom stereocenters. The van der Waals surface area contributed by atoms with Crippen molar-refractivity contribution in [3.8, 4) is 11.5 Å². The Labute approximate surface area is 126 Å². The summed E-state index contributed by atoms with van der Waals surface area (Å²) in [5.74, 6) is -0.542. The van der Waals surface area contributed by atoms with Crippen molar-refractivity contribution < 1.29 is 27.4 Å². The predicted octanol–water partition coefficient (Wildman–Crippen LogP) is 3.39. The number of methoxy groups -OCH3 is 1. The van der Waals surface area contributed by atoms with Crippen molar-refractivity contribution in [3.63, 3.8) is 0 Å². The number of alkyl halides is 3. The first-order chi connectivity index (χ1) is 10.4. The fourth-order valence-corrected chi connectivity index (χ4v) is 2.54. The van der Waals surface area contributed by atoms with E-state index in [1.54, 1.807) is 6.92 Å². The van der Waals surface area contributed by atoms with E-state index < -0.39 is 18.0 Å². The zero-order valence-electron chi connectivity index (χ0n) is 12.5. The molecule has 2 rings (SSSR count). The summed E-state index contributed by atoms with van der Waals surface area (Å²) in [5, 5.41) is 0. The van der Waals surface area contributed by atoms with E-state index in [9.17, 15) is 18.0 Å². The molecule has 7 heteroatoms. The molecular weight excluding hydrogens is 299 g/mol. The van der Waals surface area contributed by atoms with Crippen molar-refractivity contribution >= 4 is 5.91 Å². The lowest BCUT2D eigenvalue weighted by Gasteiger charge is -2.20. The summed E-state index contributed by atoms with van der Waals surface area (Å²) in [6.45, 7) is 2.88. The second kappa shape index (κ2) is 6.46. The lowest BCUT2D eigenvalue weighted by atomic mass is 10.1. The fourth-order valence-electron chi connectivity index (χ4n) is 2.54. The molecule has 1 fully saturated rings. The molecule has 0 unspecified atom stereocenters. The number of ether oxygens (including phenoxy) is 2. The third-order valence-electron chi connectivity index (χ3n) is 3.61. The zero-order valence-corrected chi connectivity index (χ0v) is 12.5. The Morgan fingerprint density at radius 3 is 2.36 bits per heavy atom. The summed E-state index contributed by atoms with van der Waals surface area (Å²) < 4.78 is 47.0. The first kappa shape index (κ1) is 16.5. The van der Waals surface area contributed by atoms with Crippen LogP contribution < -0.4 is 9.47 Å². The van der Waals surface area contributed by atoms with E-state index in [1.807, 2.05) is 0 Å². The molecule has 0 radical (unpaired) electrons. The lowest BCUT2D eigenvalue weighted by Crippen LogP contribution is -2.29. The summed E-state index contributed by atoms with van der Waals surface area (Å²) in [7, 11) is 1.42. The summed E-state index contributed by atoms with van der Waals surface area (Å²) in [4.78, 5) is 14.0. The number of hydrogen-bond donors (Lipinski definition) is 0. The van der Waals surface area contributed by atoms with Crippen LogP contribution >= 0.6 is 0 Å². The van der Waals surface area contributed by atoms with E-state index in [2.05, 4.69) is 4.74 Å². The smallest absolute Gasteiger partial charge is 0.496 e. The monoisotopic (exact) mass is 317 g/mol. The van der Waals surface area contributed by atoms with E-state index in [-0.39, 0.29) is 5.56 Å².